The number of carbonyl (C=O) groups is 7. The Morgan fingerprint density at radius 2 is 1.20 bits per heavy atom. The van der Waals surface area contributed by atoms with Crippen LogP contribution in [0, 0.1) is 0 Å². The molecule has 5 aliphatic rings. The van der Waals surface area contributed by atoms with Gasteiger partial charge >= 0.3 is 36.2 Å². The predicted molar refractivity (Wildman–Crippen MR) is 221 cm³/mol. The van der Waals surface area contributed by atoms with Crippen LogP contribution in [-0.2, 0) is 40.0 Å². The van der Waals surface area contributed by atoms with Gasteiger partial charge in [0.05, 0.1) is 54.9 Å². The summed E-state index contributed by atoms with van der Waals surface area (Å²) in [5.41, 5.74) is 0.420. The van der Waals surface area contributed by atoms with Crippen LogP contribution in [0.3, 0.4) is 0 Å². The minimum absolute atomic E-state index is 0.0455. The van der Waals surface area contributed by atoms with E-state index in [1.165, 1.54) is 19.1 Å². The summed E-state index contributed by atoms with van der Waals surface area (Å²) in [6.07, 6.45) is -22.2. The van der Waals surface area contributed by atoms with Gasteiger partial charge in [-0.2, -0.15) is 26.3 Å². The monoisotopic (exact) mass is 1020 g/mol. The Bertz CT molecular complexity index is 2090. The zero-order valence-corrected chi connectivity index (χ0v) is 37.4. The first kappa shape index (κ1) is 53.2. The molecule has 0 spiro atoms. The van der Waals surface area contributed by atoms with Gasteiger partial charge in [-0.1, -0.05) is 6.07 Å². The molecule has 29 heteroatoms. The zero-order valence-electron chi connectivity index (χ0n) is 36.6. The molecule has 5 fully saturated rings. The van der Waals surface area contributed by atoms with Crippen LogP contribution in [0.4, 0.5) is 35.9 Å². The quantitative estimate of drug-likeness (QED) is 0.0490. The SMILES string of the molecule is CC(=O)CSC1CC(=O)N(Cc2ccc(OCCNC(=O)NC[C@H]3O[C@H]4CCN(C(=O)C(F)(F)F)[C@H]4[C@@H](O)[C@H]3O)c(OCCNC(=O)NC[C@H]3O[C@H]4CCN(C(=O)C(F)(F)F)[C@H]4[C@@H](O)[C@H]3O)c2)C1=O. The number of benzene rings is 1. The molecule has 6 rings (SSSR count). The first-order chi connectivity index (χ1) is 32.5. The van der Waals surface area contributed by atoms with Crippen molar-refractivity contribution in [3.63, 3.8) is 0 Å². The summed E-state index contributed by atoms with van der Waals surface area (Å²) in [4.78, 5) is 88.2. The standard InChI is InChI=1S/C40H51F6N7O15S/c1-18(54)17-69-26-13-27(55)53(34(26)60)16-19-2-3-20(65-10-6-47-37(63)49-14-24-30(56)32(58)28-21(67-24)4-8-51(28)35(61)39(41,42)43)23(12-19)66-11-7-48-38(64)50-15-25-31(57)33(59)29-22(68-25)5-9-52(29)36(62)40(44,45)46/h2-3,12,21-22,24-26,28-33,56-59H,4-11,13-17H2,1H3,(H2,47,49,63)(H2,48,50,64)/t21-,22-,24+,25+,26?,28+,29+,30-,31-,32+,33+/m0/s1. The Balaban J connectivity index is 0.989. The van der Waals surface area contributed by atoms with Gasteiger partial charge < -0.3 is 70.4 Å². The highest BCUT2D eigenvalue weighted by Gasteiger charge is 2.57. The van der Waals surface area contributed by atoms with Crippen molar-refractivity contribution in [3.8, 4) is 11.5 Å². The van der Waals surface area contributed by atoms with E-state index in [4.69, 9.17) is 18.9 Å². The van der Waals surface area contributed by atoms with Crippen LogP contribution < -0.4 is 30.7 Å². The molecule has 69 heavy (non-hydrogen) atoms. The molecule has 8 N–H and O–H groups in total. The molecule has 5 saturated heterocycles. The Morgan fingerprint density at radius 1 is 0.725 bits per heavy atom. The molecule has 1 unspecified atom stereocenters. The lowest BCUT2D eigenvalue weighted by molar-refractivity contribution is -0.207. The average Bonchev–Trinajstić information content (AvgIpc) is 3.99. The van der Waals surface area contributed by atoms with Crippen LogP contribution >= 0.6 is 11.8 Å². The molecule has 0 radical (unpaired) electrons. The molecule has 384 valence electrons. The maximum absolute atomic E-state index is 13.1. The molecule has 1 aromatic carbocycles. The second kappa shape index (κ2) is 22.3. The molecular weight excluding hydrogens is 965 g/mol. The lowest BCUT2D eigenvalue weighted by Gasteiger charge is -2.42. The fourth-order valence-corrected chi connectivity index (χ4v) is 9.63. The van der Waals surface area contributed by atoms with Gasteiger partial charge in [0.25, 0.3) is 0 Å². The number of halogens is 6. The third-order valence-corrected chi connectivity index (χ3v) is 13.3. The normalized spacial score (nSPS) is 29.0. The first-order valence-electron chi connectivity index (χ1n) is 21.6. The lowest BCUT2D eigenvalue weighted by Crippen LogP contribution is -2.63. The maximum Gasteiger partial charge on any atom is 0.471 e. The van der Waals surface area contributed by atoms with E-state index >= 15 is 0 Å². The summed E-state index contributed by atoms with van der Waals surface area (Å²) >= 11 is 1.06. The molecule has 11 atom stereocenters. The number of aliphatic hydroxyl groups excluding tert-OH is 4. The van der Waals surface area contributed by atoms with Crippen molar-refractivity contribution in [1.29, 1.82) is 0 Å². The van der Waals surface area contributed by atoms with Crippen LogP contribution in [0.15, 0.2) is 18.2 Å². The van der Waals surface area contributed by atoms with E-state index in [-0.39, 0.29) is 101 Å². The van der Waals surface area contributed by atoms with E-state index in [1.807, 2.05) is 0 Å². The first-order valence-corrected chi connectivity index (χ1v) is 22.7. The minimum Gasteiger partial charge on any atom is -0.488 e. The van der Waals surface area contributed by atoms with Crippen molar-refractivity contribution >= 4 is 53.2 Å². The second-order valence-corrected chi connectivity index (χ2v) is 17.9. The van der Waals surface area contributed by atoms with Crippen molar-refractivity contribution in [1.82, 2.24) is 36.0 Å². The van der Waals surface area contributed by atoms with E-state index in [9.17, 15) is 80.3 Å². The number of amides is 8. The van der Waals surface area contributed by atoms with Gasteiger partial charge in [0.2, 0.25) is 11.8 Å². The Hall–Kier alpha value is -5.20. The molecule has 5 aliphatic heterocycles. The Morgan fingerprint density at radius 3 is 1.67 bits per heavy atom. The predicted octanol–water partition coefficient (Wildman–Crippen LogP) is -1.70. The summed E-state index contributed by atoms with van der Waals surface area (Å²) < 4.78 is 102. The van der Waals surface area contributed by atoms with Gasteiger partial charge in [-0.3, -0.25) is 28.9 Å². The van der Waals surface area contributed by atoms with Crippen molar-refractivity contribution < 1.29 is 99.3 Å². The maximum atomic E-state index is 13.1. The number of ether oxygens (including phenoxy) is 4. The van der Waals surface area contributed by atoms with Crippen LogP contribution in [-0.4, -0.2) is 213 Å². The van der Waals surface area contributed by atoms with Crippen molar-refractivity contribution in [3.05, 3.63) is 23.8 Å². The number of urea groups is 2. The number of ketones is 1. The molecule has 0 saturated carbocycles. The lowest BCUT2D eigenvalue weighted by atomic mass is 9.93. The number of hydrogen-bond acceptors (Lipinski definition) is 16. The zero-order chi connectivity index (χ0) is 50.5. The number of hydrogen-bond donors (Lipinski definition) is 8. The highest BCUT2D eigenvalue weighted by atomic mass is 32.2. The second-order valence-electron chi connectivity index (χ2n) is 16.7. The van der Waals surface area contributed by atoms with Gasteiger partial charge in [0.1, 0.15) is 55.6 Å². The molecule has 5 heterocycles. The molecule has 0 aromatic heterocycles. The number of fused-ring (bicyclic) bond motifs is 2. The van der Waals surface area contributed by atoms with Crippen molar-refractivity contribution in [2.45, 2.75) is 111 Å². The third-order valence-electron chi connectivity index (χ3n) is 11.9. The summed E-state index contributed by atoms with van der Waals surface area (Å²) in [7, 11) is 0. The minimum atomic E-state index is -5.20. The number of nitrogens with zero attached hydrogens (tertiary/aromatic N) is 3. The van der Waals surface area contributed by atoms with Crippen LogP contribution in [0.1, 0.15) is 31.7 Å². The highest BCUT2D eigenvalue weighted by Crippen LogP contribution is 2.37. The largest absolute Gasteiger partial charge is 0.488 e. The van der Waals surface area contributed by atoms with Gasteiger partial charge in [-0.25, -0.2) is 9.59 Å². The molecule has 0 aliphatic carbocycles. The van der Waals surface area contributed by atoms with Gasteiger partial charge in [0, 0.05) is 32.6 Å². The van der Waals surface area contributed by atoms with E-state index in [0.717, 1.165) is 16.7 Å². The molecule has 22 nitrogen and oxygen atoms in total. The van der Waals surface area contributed by atoms with Crippen LogP contribution in [0.5, 0.6) is 11.5 Å². The molecule has 1 aromatic rings. The van der Waals surface area contributed by atoms with Crippen LogP contribution in [0.25, 0.3) is 0 Å². The number of alkyl halides is 6. The molecular formula is C40H51F6N7O15S. The number of nitrogens with one attached hydrogen (secondary N) is 4. The molecule has 8 amide bonds. The summed E-state index contributed by atoms with van der Waals surface area (Å²) in [6, 6.07) is 0.00146. The highest BCUT2D eigenvalue weighted by molar-refractivity contribution is 8.01. The molecule has 0 bridgehead atoms. The van der Waals surface area contributed by atoms with Gasteiger partial charge in [-0.15, -0.1) is 11.8 Å². The fourth-order valence-electron chi connectivity index (χ4n) is 8.67. The van der Waals surface area contributed by atoms with Crippen LogP contribution in [0.2, 0.25) is 0 Å². The van der Waals surface area contributed by atoms with Gasteiger partial charge in [-0.05, 0) is 37.5 Å². The average molecular weight is 1020 g/mol. The number of imide groups is 1. The van der Waals surface area contributed by atoms with E-state index in [2.05, 4.69) is 21.3 Å². The van der Waals surface area contributed by atoms with Crippen molar-refractivity contribution in [2.24, 2.45) is 0 Å². The van der Waals surface area contributed by atoms with E-state index in [0.29, 0.717) is 15.4 Å². The van der Waals surface area contributed by atoms with E-state index < -0.39 is 114 Å². The Labute approximate surface area is 392 Å². The summed E-state index contributed by atoms with van der Waals surface area (Å²) in [5.74, 6) is -5.23. The van der Waals surface area contributed by atoms with Gasteiger partial charge in [0.15, 0.2) is 11.5 Å². The Kier molecular flexibility index (Phi) is 17.1. The fraction of sp³-hybridized carbons (Fsp3) is 0.675. The smallest absolute Gasteiger partial charge is 0.471 e. The summed E-state index contributed by atoms with van der Waals surface area (Å²) in [6.45, 7) is -0.992. The number of likely N-dealkylation sites (tertiary alicyclic amines) is 3. The number of rotatable bonds is 17. The third kappa shape index (κ3) is 12.8. The van der Waals surface area contributed by atoms with E-state index in [1.54, 1.807) is 6.07 Å². The number of thioether (sulfide) groups is 1. The summed E-state index contributed by atoms with van der Waals surface area (Å²) in [5, 5.41) is 51.5. The topological polar surface area (TPSA) is 295 Å². The number of aliphatic hydroxyl groups is 4. The van der Waals surface area contributed by atoms with Crippen molar-refractivity contribution in [2.75, 3.05) is 58.2 Å². The number of carbonyl (C=O) groups excluding carboxylic acids is 7. The number of Topliss-reactive ketones (excluding diaryl/α,β-unsaturated/α-hetero) is 1.